The molecule has 10 N–H and O–H groups in total. The van der Waals surface area contributed by atoms with Crippen LogP contribution in [0.3, 0.4) is 0 Å². The summed E-state index contributed by atoms with van der Waals surface area (Å²) < 4.78 is 0. The van der Waals surface area contributed by atoms with Gasteiger partial charge < -0.3 is 32.7 Å². The van der Waals surface area contributed by atoms with Crippen LogP contribution >= 0.6 is 0 Å². The predicted molar refractivity (Wildman–Crippen MR) is 68.1 cm³/mol. The van der Waals surface area contributed by atoms with Gasteiger partial charge in [-0.2, -0.15) is 0 Å². The highest BCUT2D eigenvalue weighted by atomic mass is 16.4. The van der Waals surface area contributed by atoms with Gasteiger partial charge in [0.2, 0.25) is 0 Å². The minimum atomic E-state index is -1.27. The summed E-state index contributed by atoms with van der Waals surface area (Å²) in [4.78, 5) is 39.3. The first kappa shape index (κ1) is 26.0. The van der Waals surface area contributed by atoms with Crippen LogP contribution in [0.25, 0.3) is 0 Å². The van der Waals surface area contributed by atoms with Gasteiger partial charge >= 0.3 is 23.9 Å². The van der Waals surface area contributed by atoms with Gasteiger partial charge in [0.05, 0.1) is 12.8 Å². The SMILES string of the molecule is C=C(CC(=O)O)C(=O)O.C=C(CC(=O)O)C(=O)O.N.N. The first-order valence-corrected chi connectivity index (χ1v) is 4.33. The minimum Gasteiger partial charge on any atom is -0.481 e. The molecule has 10 heteroatoms. The molecule has 20 heavy (non-hydrogen) atoms. The van der Waals surface area contributed by atoms with Gasteiger partial charge in [0.15, 0.2) is 0 Å². The lowest BCUT2D eigenvalue weighted by Gasteiger charge is -1.91. The molecule has 0 amide bonds. The molecule has 0 radical (unpaired) electrons. The van der Waals surface area contributed by atoms with Gasteiger partial charge in [-0.1, -0.05) is 13.2 Å². The van der Waals surface area contributed by atoms with Crippen molar-refractivity contribution in [2.75, 3.05) is 0 Å². The second kappa shape index (κ2) is 12.7. The van der Waals surface area contributed by atoms with Crippen LogP contribution < -0.4 is 12.3 Å². The number of carboxylic acids is 4. The number of aliphatic carboxylic acids is 4. The van der Waals surface area contributed by atoms with Crippen LogP contribution in [0, 0.1) is 0 Å². The molecule has 0 aliphatic rings. The van der Waals surface area contributed by atoms with Crippen molar-refractivity contribution in [3.63, 3.8) is 0 Å². The number of carbonyl (C=O) groups is 4. The molecular weight excluding hydrogens is 276 g/mol. The molecule has 0 aliphatic heterocycles. The summed E-state index contributed by atoms with van der Waals surface area (Å²) in [6.45, 7) is 6.03. The Morgan fingerprint density at radius 2 is 0.850 bits per heavy atom. The van der Waals surface area contributed by atoms with E-state index in [0.29, 0.717) is 0 Å². The smallest absolute Gasteiger partial charge is 0.331 e. The van der Waals surface area contributed by atoms with Crippen LogP contribution in [-0.2, 0) is 19.2 Å². The second-order valence-corrected chi connectivity index (χ2v) is 2.96. The fraction of sp³-hybridized carbons (Fsp3) is 0.200. The normalized spacial score (nSPS) is 7.60. The number of hydrogen-bond acceptors (Lipinski definition) is 6. The molecule has 0 aromatic rings. The van der Waals surface area contributed by atoms with Crippen molar-refractivity contribution in [3.05, 3.63) is 24.3 Å². The van der Waals surface area contributed by atoms with Crippen LogP contribution in [-0.4, -0.2) is 44.3 Å². The fourth-order valence-corrected chi connectivity index (χ4v) is 0.516. The van der Waals surface area contributed by atoms with Crippen molar-refractivity contribution in [2.45, 2.75) is 12.8 Å². The molecule has 0 bridgehead atoms. The molecule has 0 saturated heterocycles. The molecule has 0 spiro atoms. The van der Waals surface area contributed by atoms with E-state index in [0.717, 1.165) is 0 Å². The summed E-state index contributed by atoms with van der Waals surface area (Å²) in [5.74, 6) is -4.89. The zero-order valence-corrected chi connectivity index (χ0v) is 10.7. The van der Waals surface area contributed by atoms with Crippen LogP contribution in [0.4, 0.5) is 0 Å². The van der Waals surface area contributed by atoms with Gasteiger partial charge in [-0.3, -0.25) is 9.59 Å². The third kappa shape index (κ3) is 17.7. The molecule has 0 aromatic carbocycles. The molecule has 0 rings (SSSR count). The standard InChI is InChI=1S/2C5H6O4.2H3N/c2*1-3(5(8)9)2-4(6)7;;/h2*1-2H2,(H,6,7)(H,8,9);2*1H3. The molecule has 0 aromatic heterocycles. The number of carboxylic acid groups (broad SMARTS) is 4. The Balaban J connectivity index is -0.000000116. The van der Waals surface area contributed by atoms with Gasteiger partial charge in [-0.25, -0.2) is 9.59 Å². The van der Waals surface area contributed by atoms with E-state index in [1.54, 1.807) is 0 Å². The topological polar surface area (TPSA) is 219 Å². The third-order valence-corrected chi connectivity index (χ3v) is 1.33. The van der Waals surface area contributed by atoms with E-state index in [4.69, 9.17) is 20.4 Å². The first-order valence-electron chi connectivity index (χ1n) is 4.33. The second-order valence-electron chi connectivity index (χ2n) is 2.96. The van der Waals surface area contributed by atoms with Crippen LogP contribution in [0.15, 0.2) is 24.3 Å². The summed E-state index contributed by atoms with van der Waals surface area (Å²) >= 11 is 0. The van der Waals surface area contributed by atoms with Gasteiger partial charge in [-0.15, -0.1) is 0 Å². The highest BCUT2D eigenvalue weighted by Crippen LogP contribution is 1.96. The monoisotopic (exact) mass is 294 g/mol. The molecule has 0 saturated carbocycles. The quantitative estimate of drug-likeness (QED) is 0.373. The van der Waals surface area contributed by atoms with Crippen LogP contribution in [0.5, 0.6) is 0 Å². The molecule has 0 aliphatic carbocycles. The van der Waals surface area contributed by atoms with Gasteiger partial charge in [-0.05, 0) is 0 Å². The van der Waals surface area contributed by atoms with Crippen molar-refractivity contribution in [1.82, 2.24) is 12.3 Å². The zero-order valence-electron chi connectivity index (χ0n) is 10.7. The number of hydrogen-bond donors (Lipinski definition) is 6. The van der Waals surface area contributed by atoms with E-state index in [2.05, 4.69) is 13.2 Å². The summed E-state index contributed by atoms with van der Waals surface area (Å²) in [7, 11) is 0. The van der Waals surface area contributed by atoms with E-state index >= 15 is 0 Å². The first-order chi connectivity index (χ1) is 8.07. The van der Waals surface area contributed by atoms with Gasteiger partial charge in [0.1, 0.15) is 0 Å². The van der Waals surface area contributed by atoms with E-state index < -0.39 is 36.7 Å². The van der Waals surface area contributed by atoms with Crippen LogP contribution in [0.1, 0.15) is 12.8 Å². The lowest BCUT2D eigenvalue weighted by molar-refractivity contribution is -0.139. The maximum atomic E-state index is 9.87. The van der Waals surface area contributed by atoms with E-state index in [-0.39, 0.29) is 23.4 Å². The van der Waals surface area contributed by atoms with E-state index in [1.165, 1.54) is 0 Å². The Hall–Kier alpha value is -2.72. The van der Waals surface area contributed by atoms with E-state index in [1.807, 2.05) is 0 Å². The third-order valence-electron chi connectivity index (χ3n) is 1.33. The summed E-state index contributed by atoms with van der Waals surface area (Å²) in [6.07, 6.45) is -1.01. The fourth-order valence-electron chi connectivity index (χ4n) is 0.516. The van der Waals surface area contributed by atoms with Crippen molar-refractivity contribution in [2.24, 2.45) is 0 Å². The molecule has 116 valence electrons. The van der Waals surface area contributed by atoms with Gasteiger partial charge in [0, 0.05) is 11.1 Å². The molecule has 0 atom stereocenters. The Morgan fingerprint density at radius 1 is 0.650 bits per heavy atom. The van der Waals surface area contributed by atoms with Crippen molar-refractivity contribution < 1.29 is 39.6 Å². The molecular formula is C10H18N2O8. The highest BCUT2D eigenvalue weighted by molar-refractivity contribution is 5.91. The Bertz CT molecular complexity index is 364. The number of rotatable bonds is 6. The van der Waals surface area contributed by atoms with Gasteiger partial charge in [0.25, 0.3) is 0 Å². The maximum Gasteiger partial charge on any atom is 0.331 e. The molecule has 0 heterocycles. The summed E-state index contributed by atoms with van der Waals surface area (Å²) in [5.41, 5.74) is -0.606. The molecule has 0 fully saturated rings. The average Bonchev–Trinajstić information content (AvgIpc) is 2.16. The van der Waals surface area contributed by atoms with E-state index in [9.17, 15) is 19.2 Å². The maximum absolute atomic E-state index is 9.87. The Kier molecular flexibility index (Phi) is 16.5. The van der Waals surface area contributed by atoms with Crippen molar-refractivity contribution >= 4 is 23.9 Å². The molecule has 0 unspecified atom stereocenters. The minimum absolute atomic E-state index is 0. The summed E-state index contributed by atoms with van der Waals surface area (Å²) in [6, 6.07) is 0. The zero-order chi connectivity index (χ0) is 14.9. The predicted octanol–water partition coefficient (Wildman–Crippen LogP) is 0.528. The Morgan fingerprint density at radius 3 is 0.900 bits per heavy atom. The largest absolute Gasteiger partial charge is 0.481 e. The lowest BCUT2D eigenvalue weighted by atomic mass is 10.2. The average molecular weight is 294 g/mol. The van der Waals surface area contributed by atoms with Crippen molar-refractivity contribution in [1.29, 1.82) is 0 Å². The summed E-state index contributed by atoms with van der Waals surface area (Å²) in [5, 5.41) is 32.2. The lowest BCUT2D eigenvalue weighted by Crippen LogP contribution is -2.04. The Labute approximate surface area is 114 Å². The van der Waals surface area contributed by atoms with Crippen molar-refractivity contribution in [3.8, 4) is 0 Å². The molecule has 10 nitrogen and oxygen atoms in total. The highest BCUT2D eigenvalue weighted by Gasteiger charge is 2.07. The van der Waals surface area contributed by atoms with Crippen LogP contribution in [0.2, 0.25) is 0 Å².